The molecule has 7 heteroatoms. The molecule has 0 aliphatic heterocycles. The summed E-state index contributed by atoms with van der Waals surface area (Å²) in [4.78, 5) is 15.1. The zero-order valence-corrected chi connectivity index (χ0v) is 17.4. The van der Waals surface area contributed by atoms with Crippen molar-refractivity contribution in [3.05, 3.63) is 17.7 Å². The van der Waals surface area contributed by atoms with E-state index in [4.69, 9.17) is 23.7 Å². The Balaban J connectivity index is 3.09. The van der Waals surface area contributed by atoms with Crippen molar-refractivity contribution in [3.63, 3.8) is 0 Å². The minimum atomic E-state index is -0.406. The van der Waals surface area contributed by atoms with Crippen molar-refractivity contribution in [1.82, 2.24) is 4.90 Å². The summed E-state index contributed by atoms with van der Waals surface area (Å²) < 4.78 is 26.9. The molecule has 27 heavy (non-hydrogen) atoms. The predicted molar refractivity (Wildman–Crippen MR) is 104 cm³/mol. The molecule has 0 amide bonds. The highest BCUT2D eigenvalue weighted by atomic mass is 16.6. The van der Waals surface area contributed by atoms with E-state index in [0.29, 0.717) is 50.0 Å². The molecule has 0 spiro atoms. The largest absolute Gasteiger partial charge is 0.493 e. The second kappa shape index (κ2) is 12.5. The smallest absolute Gasteiger partial charge is 0.329 e. The highest BCUT2D eigenvalue weighted by Crippen LogP contribution is 2.38. The van der Waals surface area contributed by atoms with Crippen molar-refractivity contribution in [2.75, 3.05) is 54.7 Å². The van der Waals surface area contributed by atoms with Crippen LogP contribution in [0.3, 0.4) is 0 Å². The standard InChI is InChI=1S/C20H33NO6/c1-7-8-16(21(9-11-23-3)10-12-24-4)20(22)27-19-17(25-5)13-15(2)14-18(19)26-6/h13-14,16H,7-12H2,1-6H3. The average Bonchev–Trinajstić information content (AvgIpc) is 2.67. The normalized spacial score (nSPS) is 12.1. The quantitative estimate of drug-likeness (QED) is 0.383. The molecule has 0 heterocycles. The van der Waals surface area contributed by atoms with Crippen LogP contribution >= 0.6 is 0 Å². The van der Waals surface area contributed by atoms with Gasteiger partial charge in [-0.25, -0.2) is 4.79 Å². The SMILES string of the molecule is CCCC(C(=O)Oc1c(OC)cc(C)cc1OC)N(CCOC)CCOC. The Labute approximate surface area is 162 Å². The number of carbonyl (C=O) groups excluding carboxylic acids is 1. The van der Waals surface area contributed by atoms with Gasteiger partial charge in [-0.2, -0.15) is 0 Å². The minimum absolute atomic E-state index is 0.301. The first-order chi connectivity index (χ1) is 13.0. The van der Waals surface area contributed by atoms with Crippen molar-refractivity contribution in [3.8, 4) is 17.2 Å². The summed E-state index contributed by atoms with van der Waals surface area (Å²) >= 11 is 0. The first-order valence-corrected chi connectivity index (χ1v) is 9.18. The van der Waals surface area contributed by atoms with Gasteiger partial charge in [0.1, 0.15) is 6.04 Å². The molecule has 0 N–H and O–H groups in total. The fraction of sp³-hybridized carbons (Fsp3) is 0.650. The van der Waals surface area contributed by atoms with Crippen LogP contribution in [0.4, 0.5) is 0 Å². The molecule has 0 aromatic heterocycles. The van der Waals surface area contributed by atoms with Gasteiger partial charge in [-0.05, 0) is 31.0 Å². The van der Waals surface area contributed by atoms with E-state index >= 15 is 0 Å². The number of ether oxygens (including phenoxy) is 5. The molecule has 0 saturated carbocycles. The van der Waals surface area contributed by atoms with Crippen LogP contribution in [-0.4, -0.2) is 71.7 Å². The van der Waals surface area contributed by atoms with E-state index < -0.39 is 6.04 Å². The lowest BCUT2D eigenvalue weighted by atomic mass is 10.1. The molecular formula is C20H33NO6. The molecule has 0 bridgehead atoms. The highest BCUT2D eigenvalue weighted by Gasteiger charge is 2.29. The van der Waals surface area contributed by atoms with Gasteiger partial charge in [0.2, 0.25) is 5.75 Å². The van der Waals surface area contributed by atoms with E-state index in [0.717, 1.165) is 12.0 Å². The molecule has 1 rings (SSSR count). The van der Waals surface area contributed by atoms with E-state index in [2.05, 4.69) is 0 Å². The predicted octanol–water partition coefficient (Wildman–Crippen LogP) is 2.68. The van der Waals surface area contributed by atoms with Crippen molar-refractivity contribution < 1.29 is 28.5 Å². The molecule has 1 aromatic rings. The number of carbonyl (C=O) groups is 1. The molecule has 1 unspecified atom stereocenters. The third kappa shape index (κ3) is 7.01. The zero-order chi connectivity index (χ0) is 20.2. The van der Waals surface area contributed by atoms with E-state index in [1.54, 1.807) is 28.4 Å². The molecule has 1 atom stereocenters. The van der Waals surface area contributed by atoms with Gasteiger partial charge in [0, 0.05) is 27.3 Å². The summed E-state index contributed by atoms with van der Waals surface area (Å²) in [5.41, 5.74) is 0.954. The number of methoxy groups -OCH3 is 4. The number of rotatable bonds is 13. The summed E-state index contributed by atoms with van der Waals surface area (Å²) in [6.07, 6.45) is 1.52. The van der Waals surface area contributed by atoms with Gasteiger partial charge < -0.3 is 23.7 Å². The summed E-state index contributed by atoms with van der Waals surface area (Å²) in [5.74, 6) is 0.895. The van der Waals surface area contributed by atoms with Crippen LogP contribution < -0.4 is 14.2 Å². The van der Waals surface area contributed by atoms with Crippen LogP contribution in [0.25, 0.3) is 0 Å². The van der Waals surface area contributed by atoms with Crippen LogP contribution in [0, 0.1) is 6.92 Å². The van der Waals surface area contributed by atoms with Crippen molar-refractivity contribution in [2.45, 2.75) is 32.7 Å². The number of aryl methyl sites for hydroxylation is 1. The van der Waals surface area contributed by atoms with Crippen LogP contribution in [0.2, 0.25) is 0 Å². The molecule has 0 radical (unpaired) electrons. The maximum Gasteiger partial charge on any atom is 0.329 e. The molecule has 154 valence electrons. The molecule has 1 aromatic carbocycles. The topological polar surface area (TPSA) is 66.5 Å². The first-order valence-electron chi connectivity index (χ1n) is 9.18. The van der Waals surface area contributed by atoms with Gasteiger partial charge in [0.05, 0.1) is 27.4 Å². The van der Waals surface area contributed by atoms with Gasteiger partial charge in [-0.1, -0.05) is 13.3 Å². The van der Waals surface area contributed by atoms with Gasteiger partial charge in [-0.15, -0.1) is 0 Å². The molecular weight excluding hydrogens is 350 g/mol. The Hall–Kier alpha value is -1.83. The fourth-order valence-corrected chi connectivity index (χ4v) is 2.84. The van der Waals surface area contributed by atoms with E-state index in [-0.39, 0.29) is 5.97 Å². The molecule has 7 nitrogen and oxygen atoms in total. The maximum atomic E-state index is 13.0. The lowest BCUT2D eigenvalue weighted by Crippen LogP contribution is -2.46. The Morgan fingerprint density at radius 1 is 1.00 bits per heavy atom. The summed E-state index contributed by atoms with van der Waals surface area (Å²) in [6.45, 7) is 6.23. The number of benzene rings is 1. The highest BCUT2D eigenvalue weighted by molar-refractivity contribution is 5.80. The average molecular weight is 383 g/mol. The number of hydrogen-bond donors (Lipinski definition) is 0. The van der Waals surface area contributed by atoms with Crippen LogP contribution in [0.15, 0.2) is 12.1 Å². The van der Waals surface area contributed by atoms with Crippen LogP contribution in [0.1, 0.15) is 25.3 Å². The zero-order valence-electron chi connectivity index (χ0n) is 17.4. The summed E-state index contributed by atoms with van der Waals surface area (Å²) in [6, 6.07) is 3.22. The number of hydrogen-bond acceptors (Lipinski definition) is 7. The number of nitrogens with zero attached hydrogens (tertiary/aromatic N) is 1. The van der Waals surface area contributed by atoms with Crippen LogP contribution in [-0.2, 0) is 14.3 Å². The molecule has 0 saturated heterocycles. The lowest BCUT2D eigenvalue weighted by Gasteiger charge is -2.29. The molecule has 0 aliphatic carbocycles. The van der Waals surface area contributed by atoms with Crippen molar-refractivity contribution >= 4 is 5.97 Å². The summed E-state index contributed by atoms with van der Waals surface area (Å²) in [5, 5.41) is 0. The molecule has 0 aliphatic rings. The van der Waals surface area contributed by atoms with Gasteiger partial charge in [0.25, 0.3) is 0 Å². The third-order valence-electron chi connectivity index (χ3n) is 4.25. The Bertz CT molecular complexity index is 545. The Morgan fingerprint density at radius 3 is 1.93 bits per heavy atom. The van der Waals surface area contributed by atoms with Gasteiger partial charge in [-0.3, -0.25) is 4.90 Å². The summed E-state index contributed by atoms with van der Waals surface area (Å²) in [7, 11) is 6.37. The first kappa shape index (κ1) is 23.2. The van der Waals surface area contributed by atoms with E-state index in [1.807, 2.05) is 30.9 Å². The van der Waals surface area contributed by atoms with E-state index in [9.17, 15) is 4.79 Å². The maximum absolute atomic E-state index is 13.0. The van der Waals surface area contributed by atoms with Crippen LogP contribution in [0.5, 0.6) is 17.2 Å². The van der Waals surface area contributed by atoms with Gasteiger partial charge >= 0.3 is 5.97 Å². The Kier molecular flexibility index (Phi) is 10.8. The molecule has 0 fully saturated rings. The minimum Gasteiger partial charge on any atom is -0.493 e. The van der Waals surface area contributed by atoms with E-state index in [1.165, 1.54) is 0 Å². The van der Waals surface area contributed by atoms with Gasteiger partial charge in [0.15, 0.2) is 11.5 Å². The van der Waals surface area contributed by atoms with Crippen molar-refractivity contribution in [1.29, 1.82) is 0 Å². The second-order valence-corrected chi connectivity index (χ2v) is 6.25. The van der Waals surface area contributed by atoms with Crippen molar-refractivity contribution in [2.24, 2.45) is 0 Å². The number of esters is 1. The fourth-order valence-electron chi connectivity index (χ4n) is 2.84. The lowest BCUT2D eigenvalue weighted by molar-refractivity contribution is -0.141. The third-order valence-corrected chi connectivity index (χ3v) is 4.25. The monoisotopic (exact) mass is 383 g/mol. The Morgan fingerprint density at radius 2 is 1.52 bits per heavy atom. The second-order valence-electron chi connectivity index (χ2n) is 6.25.